The van der Waals surface area contributed by atoms with E-state index in [-0.39, 0.29) is 0 Å². The predicted octanol–water partition coefficient (Wildman–Crippen LogP) is 3.89. The molecule has 0 saturated carbocycles. The molecular formula is C14H19NOS. The molecule has 2 rings (SSSR count). The summed E-state index contributed by atoms with van der Waals surface area (Å²) in [5.41, 5.74) is 1.39. The minimum Gasteiger partial charge on any atom is -0.497 e. The molecule has 1 aromatic carbocycles. The Kier molecular flexibility index (Phi) is 3.69. The molecule has 0 amide bonds. The van der Waals surface area contributed by atoms with Crippen LogP contribution >= 0.6 is 11.3 Å². The summed E-state index contributed by atoms with van der Waals surface area (Å²) in [5, 5.41) is 4.81. The van der Waals surface area contributed by atoms with Crippen LogP contribution in [0.25, 0.3) is 10.1 Å². The van der Waals surface area contributed by atoms with E-state index in [2.05, 4.69) is 38.2 Å². The molecule has 1 N–H and O–H groups in total. The summed E-state index contributed by atoms with van der Waals surface area (Å²) in [5.74, 6) is 0.932. The molecule has 1 aromatic heterocycles. The highest BCUT2D eigenvalue weighted by atomic mass is 32.1. The van der Waals surface area contributed by atoms with Gasteiger partial charge in [-0.3, -0.25) is 0 Å². The van der Waals surface area contributed by atoms with Gasteiger partial charge in [0.25, 0.3) is 0 Å². The molecule has 1 heterocycles. The lowest BCUT2D eigenvalue weighted by atomic mass is 10.1. The molecule has 0 bridgehead atoms. The smallest absolute Gasteiger partial charge is 0.120 e. The summed E-state index contributed by atoms with van der Waals surface area (Å²) in [6, 6.07) is 6.73. The molecule has 0 fully saturated rings. The van der Waals surface area contributed by atoms with Crippen LogP contribution in [0.4, 0.5) is 0 Å². The maximum atomic E-state index is 5.27. The van der Waals surface area contributed by atoms with Gasteiger partial charge in [0.1, 0.15) is 5.75 Å². The maximum absolute atomic E-state index is 5.27. The zero-order valence-corrected chi connectivity index (χ0v) is 11.6. The molecule has 1 atom stereocenters. The first-order chi connectivity index (χ1) is 8.17. The highest BCUT2D eigenvalue weighted by Gasteiger charge is 2.13. The van der Waals surface area contributed by atoms with Crippen LogP contribution in [0.2, 0.25) is 0 Å². The fourth-order valence-corrected chi connectivity index (χ4v) is 3.43. The summed E-state index contributed by atoms with van der Waals surface area (Å²) < 4.78 is 6.58. The van der Waals surface area contributed by atoms with Gasteiger partial charge in [-0.15, -0.1) is 11.3 Å². The molecule has 2 aromatic rings. The van der Waals surface area contributed by atoms with Crippen LogP contribution in [-0.2, 0) is 0 Å². The van der Waals surface area contributed by atoms with Crippen molar-refractivity contribution < 1.29 is 4.74 Å². The normalized spacial score (nSPS) is 12.9. The van der Waals surface area contributed by atoms with E-state index in [4.69, 9.17) is 4.74 Å². The number of hydrogen-bond donors (Lipinski definition) is 1. The highest BCUT2D eigenvalue weighted by Crippen LogP contribution is 2.36. The number of aryl methyl sites for hydroxylation is 1. The van der Waals surface area contributed by atoms with Crippen LogP contribution in [0, 0.1) is 6.92 Å². The Morgan fingerprint density at radius 2 is 2.18 bits per heavy atom. The summed E-state index contributed by atoms with van der Waals surface area (Å²) in [7, 11) is 1.71. The zero-order chi connectivity index (χ0) is 12.4. The van der Waals surface area contributed by atoms with E-state index in [9.17, 15) is 0 Å². The van der Waals surface area contributed by atoms with E-state index >= 15 is 0 Å². The number of nitrogens with one attached hydrogen (secondary N) is 1. The Bertz CT molecular complexity index is 518. The minimum atomic E-state index is 0.420. The number of ether oxygens (including phenoxy) is 1. The fraction of sp³-hybridized carbons (Fsp3) is 0.429. The molecular weight excluding hydrogens is 230 g/mol. The van der Waals surface area contributed by atoms with Crippen molar-refractivity contribution in [3.63, 3.8) is 0 Å². The number of thiophene rings is 1. The molecule has 17 heavy (non-hydrogen) atoms. The van der Waals surface area contributed by atoms with Gasteiger partial charge in [0.2, 0.25) is 0 Å². The van der Waals surface area contributed by atoms with Gasteiger partial charge in [-0.1, -0.05) is 6.92 Å². The van der Waals surface area contributed by atoms with E-state index < -0.39 is 0 Å². The third-order valence-corrected chi connectivity index (χ3v) is 4.52. The predicted molar refractivity (Wildman–Crippen MR) is 75.2 cm³/mol. The van der Waals surface area contributed by atoms with Gasteiger partial charge in [-0.25, -0.2) is 0 Å². The molecule has 0 saturated heterocycles. The van der Waals surface area contributed by atoms with Gasteiger partial charge in [0, 0.05) is 15.6 Å². The van der Waals surface area contributed by atoms with Crippen LogP contribution < -0.4 is 10.1 Å². The Morgan fingerprint density at radius 3 is 2.82 bits per heavy atom. The zero-order valence-electron chi connectivity index (χ0n) is 10.8. The van der Waals surface area contributed by atoms with E-state index in [0.29, 0.717) is 6.04 Å². The number of fused-ring (bicyclic) bond motifs is 1. The quantitative estimate of drug-likeness (QED) is 0.887. The Hall–Kier alpha value is -1.06. The lowest BCUT2D eigenvalue weighted by Crippen LogP contribution is -2.17. The van der Waals surface area contributed by atoms with Crippen LogP contribution in [0.3, 0.4) is 0 Å². The van der Waals surface area contributed by atoms with E-state index in [0.717, 1.165) is 12.3 Å². The highest BCUT2D eigenvalue weighted by molar-refractivity contribution is 7.19. The van der Waals surface area contributed by atoms with Crippen molar-refractivity contribution in [3.05, 3.63) is 28.6 Å². The second kappa shape index (κ2) is 5.07. The fourth-order valence-electron chi connectivity index (χ4n) is 2.16. The van der Waals surface area contributed by atoms with Gasteiger partial charge >= 0.3 is 0 Å². The Morgan fingerprint density at radius 1 is 1.41 bits per heavy atom. The van der Waals surface area contributed by atoms with Crippen molar-refractivity contribution in [1.29, 1.82) is 0 Å². The summed E-state index contributed by atoms with van der Waals surface area (Å²) in [4.78, 5) is 1.43. The first-order valence-electron chi connectivity index (χ1n) is 5.97. The number of hydrogen-bond acceptors (Lipinski definition) is 3. The molecule has 0 radical (unpaired) electrons. The standard InChI is InChI=1S/C14H19NOS/c1-5-15-10(3)14-9(2)12-7-6-11(16-4)8-13(12)17-14/h6-8,10,15H,5H2,1-4H3. The van der Waals surface area contributed by atoms with Crippen molar-refractivity contribution in [3.8, 4) is 5.75 Å². The van der Waals surface area contributed by atoms with E-state index in [1.165, 1.54) is 20.5 Å². The number of benzene rings is 1. The van der Waals surface area contributed by atoms with Gasteiger partial charge in [0.15, 0.2) is 0 Å². The first kappa shape index (κ1) is 12.4. The molecule has 0 aliphatic rings. The number of methoxy groups -OCH3 is 1. The topological polar surface area (TPSA) is 21.3 Å². The van der Waals surface area contributed by atoms with Crippen LogP contribution in [0.5, 0.6) is 5.75 Å². The average Bonchev–Trinajstić information content (AvgIpc) is 2.66. The summed E-state index contributed by atoms with van der Waals surface area (Å²) in [6.45, 7) is 7.56. The van der Waals surface area contributed by atoms with Gasteiger partial charge < -0.3 is 10.1 Å². The maximum Gasteiger partial charge on any atom is 0.120 e. The third kappa shape index (κ3) is 2.31. The molecule has 92 valence electrons. The lowest BCUT2D eigenvalue weighted by molar-refractivity contribution is 0.415. The Labute approximate surface area is 107 Å². The van der Waals surface area contributed by atoms with E-state index in [1.807, 2.05) is 17.4 Å². The van der Waals surface area contributed by atoms with Crippen molar-refractivity contribution in [2.45, 2.75) is 26.8 Å². The molecule has 3 heteroatoms. The second-order valence-corrected chi connectivity index (χ2v) is 5.32. The minimum absolute atomic E-state index is 0.420. The van der Waals surface area contributed by atoms with E-state index in [1.54, 1.807) is 7.11 Å². The SMILES string of the molecule is CCNC(C)c1sc2cc(OC)ccc2c1C. The molecule has 2 nitrogen and oxygen atoms in total. The number of rotatable bonds is 4. The largest absolute Gasteiger partial charge is 0.497 e. The van der Waals surface area contributed by atoms with Gasteiger partial charge in [-0.2, -0.15) is 0 Å². The summed E-state index contributed by atoms with van der Waals surface area (Å²) >= 11 is 1.86. The molecule has 1 unspecified atom stereocenters. The Balaban J connectivity index is 2.48. The second-order valence-electron chi connectivity index (χ2n) is 4.23. The van der Waals surface area contributed by atoms with Crippen molar-refractivity contribution in [2.24, 2.45) is 0 Å². The average molecular weight is 249 g/mol. The first-order valence-corrected chi connectivity index (χ1v) is 6.79. The monoisotopic (exact) mass is 249 g/mol. The van der Waals surface area contributed by atoms with Crippen molar-refractivity contribution >= 4 is 21.4 Å². The van der Waals surface area contributed by atoms with Crippen LogP contribution in [0.1, 0.15) is 30.3 Å². The van der Waals surface area contributed by atoms with Gasteiger partial charge in [0.05, 0.1) is 7.11 Å². The van der Waals surface area contributed by atoms with Gasteiger partial charge in [-0.05, 0) is 49.5 Å². The van der Waals surface area contributed by atoms with Crippen molar-refractivity contribution in [1.82, 2.24) is 5.32 Å². The van der Waals surface area contributed by atoms with Crippen LogP contribution in [0.15, 0.2) is 18.2 Å². The molecule has 0 spiro atoms. The third-order valence-electron chi connectivity index (χ3n) is 3.09. The summed E-state index contributed by atoms with van der Waals surface area (Å²) in [6.07, 6.45) is 0. The lowest BCUT2D eigenvalue weighted by Gasteiger charge is -2.11. The molecule has 0 aliphatic heterocycles. The van der Waals surface area contributed by atoms with Crippen molar-refractivity contribution in [2.75, 3.05) is 13.7 Å². The molecule has 0 aliphatic carbocycles. The van der Waals surface area contributed by atoms with Crippen LogP contribution in [-0.4, -0.2) is 13.7 Å².